The van der Waals surface area contributed by atoms with Crippen molar-refractivity contribution in [2.75, 3.05) is 14.2 Å². The minimum Gasteiger partial charge on any atom is -0.354 e. The third kappa shape index (κ3) is 3.17. The number of aromatic nitrogens is 6. The lowest BCUT2D eigenvalue weighted by molar-refractivity contribution is -0.111. The van der Waals surface area contributed by atoms with E-state index in [1.165, 1.54) is 41.1 Å². The van der Waals surface area contributed by atoms with Gasteiger partial charge in [-0.05, 0) is 30.9 Å². The SMILES string of the molecule is COC(Cn1cnc2c(cnn2-c2nc(C)nc3sc4c(c23)-c2ccccc2CC4)c1=O)OC. The normalized spacial score (nSPS) is 13.1. The average Bonchev–Trinajstić information content (AvgIpc) is 3.45. The zero-order valence-corrected chi connectivity index (χ0v) is 19.8. The maximum Gasteiger partial charge on any atom is 0.264 e. The summed E-state index contributed by atoms with van der Waals surface area (Å²) in [6.45, 7) is 2.10. The molecule has 10 heteroatoms. The van der Waals surface area contributed by atoms with E-state index in [2.05, 4.69) is 34.3 Å². The molecule has 0 radical (unpaired) electrons. The first-order valence-corrected chi connectivity index (χ1v) is 11.8. The highest BCUT2D eigenvalue weighted by molar-refractivity contribution is 7.19. The first-order valence-electron chi connectivity index (χ1n) is 11.0. The first-order chi connectivity index (χ1) is 16.6. The fourth-order valence-electron chi connectivity index (χ4n) is 4.62. The van der Waals surface area contributed by atoms with Gasteiger partial charge in [-0.1, -0.05) is 24.3 Å². The fraction of sp³-hybridized carbons (Fsp3) is 0.292. The van der Waals surface area contributed by atoms with Crippen molar-refractivity contribution in [3.63, 3.8) is 0 Å². The van der Waals surface area contributed by atoms with Crippen LogP contribution >= 0.6 is 11.3 Å². The van der Waals surface area contributed by atoms with Gasteiger partial charge in [0, 0.05) is 24.7 Å². The summed E-state index contributed by atoms with van der Waals surface area (Å²) in [5.41, 5.74) is 3.93. The molecule has 0 amide bonds. The number of hydrogen-bond donors (Lipinski definition) is 0. The van der Waals surface area contributed by atoms with Gasteiger partial charge in [0.15, 0.2) is 17.8 Å². The van der Waals surface area contributed by atoms with Crippen LogP contribution in [-0.4, -0.2) is 49.8 Å². The van der Waals surface area contributed by atoms with Crippen LogP contribution in [0.2, 0.25) is 0 Å². The predicted molar refractivity (Wildman–Crippen MR) is 129 cm³/mol. The number of aryl methyl sites for hydroxylation is 3. The van der Waals surface area contributed by atoms with Crippen LogP contribution in [0.15, 0.2) is 41.6 Å². The van der Waals surface area contributed by atoms with Gasteiger partial charge >= 0.3 is 0 Å². The number of fused-ring (bicyclic) bond motifs is 6. The number of hydrogen-bond acceptors (Lipinski definition) is 8. The first kappa shape index (κ1) is 21.1. The summed E-state index contributed by atoms with van der Waals surface area (Å²) >= 11 is 1.71. The quantitative estimate of drug-likeness (QED) is 0.361. The molecule has 6 rings (SSSR count). The van der Waals surface area contributed by atoms with Gasteiger partial charge in [-0.25, -0.2) is 15.0 Å². The predicted octanol–water partition coefficient (Wildman–Crippen LogP) is 3.28. The summed E-state index contributed by atoms with van der Waals surface area (Å²) in [4.78, 5) is 29.5. The van der Waals surface area contributed by atoms with Crippen LogP contribution in [-0.2, 0) is 28.9 Å². The van der Waals surface area contributed by atoms with Gasteiger partial charge < -0.3 is 9.47 Å². The van der Waals surface area contributed by atoms with E-state index in [0.717, 1.165) is 28.6 Å². The molecule has 0 unspecified atom stereocenters. The summed E-state index contributed by atoms with van der Waals surface area (Å²) in [6, 6.07) is 8.47. The summed E-state index contributed by atoms with van der Waals surface area (Å²) in [7, 11) is 3.07. The van der Waals surface area contributed by atoms with Crippen LogP contribution in [0, 0.1) is 6.92 Å². The Kier molecular flexibility index (Phi) is 5.01. The third-order valence-corrected chi connectivity index (χ3v) is 7.40. The number of benzene rings is 1. The molecule has 1 aromatic carbocycles. The van der Waals surface area contributed by atoms with E-state index in [1.54, 1.807) is 22.2 Å². The van der Waals surface area contributed by atoms with Crippen molar-refractivity contribution < 1.29 is 9.47 Å². The highest BCUT2D eigenvalue weighted by Gasteiger charge is 2.26. The van der Waals surface area contributed by atoms with Crippen molar-refractivity contribution in [1.82, 2.24) is 29.3 Å². The number of rotatable bonds is 5. The highest BCUT2D eigenvalue weighted by Crippen LogP contribution is 2.45. The molecular weight excluding hydrogens is 452 g/mol. The second-order valence-corrected chi connectivity index (χ2v) is 9.31. The van der Waals surface area contributed by atoms with Gasteiger partial charge in [-0.15, -0.1) is 11.3 Å². The molecule has 0 saturated heterocycles. The zero-order valence-electron chi connectivity index (χ0n) is 19.0. The molecule has 4 heterocycles. The lowest BCUT2D eigenvalue weighted by Crippen LogP contribution is -2.29. The molecule has 0 bridgehead atoms. The zero-order chi connectivity index (χ0) is 23.4. The fourth-order valence-corrected chi connectivity index (χ4v) is 5.84. The Morgan fingerprint density at radius 2 is 1.97 bits per heavy atom. The van der Waals surface area contributed by atoms with Crippen molar-refractivity contribution in [1.29, 1.82) is 0 Å². The Bertz CT molecular complexity index is 1610. The van der Waals surface area contributed by atoms with E-state index in [0.29, 0.717) is 22.7 Å². The third-order valence-electron chi connectivity index (χ3n) is 6.25. The van der Waals surface area contributed by atoms with Gasteiger partial charge in [-0.2, -0.15) is 9.78 Å². The van der Waals surface area contributed by atoms with Crippen molar-refractivity contribution in [2.24, 2.45) is 0 Å². The topological polar surface area (TPSA) is 97.0 Å². The molecule has 9 nitrogen and oxygen atoms in total. The minimum absolute atomic E-state index is 0.213. The Labute approximate surface area is 198 Å². The van der Waals surface area contributed by atoms with Gasteiger partial charge in [-0.3, -0.25) is 9.36 Å². The molecule has 0 aliphatic heterocycles. The second-order valence-electron chi connectivity index (χ2n) is 8.23. The molecule has 4 aromatic heterocycles. The Hall–Kier alpha value is -3.47. The van der Waals surface area contributed by atoms with Crippen LogP contribution in [0.25, 0.3) is 38.2 Å². The molecular formula is C24H22N6O3S. The average molecular weight is 475 g/mol. The van der Waals surface area contributed by atoms with Crippen LogP contribution < -0.4 is 5.56 Å². The number of methoxy groups -OCH3 is 2. The van der Waals surface area contributed by atoms with Crippen LogP contribution in [0.4, 0.5) is 0 Å². The molecule has 1 aliphatic carbocycles. The molecule has 34 heavy (non-hydrogen) atoms. The second kappa shape index (κ2) is 8.08. The van der Waals surface area contributed by atoms with E-state index in [1.807, 2.05) is 6.92 Å². The van der Waals surface area contributed by atoms with Crippen LogP contribution in [0.1, 0.15) is 16.3 Å². The van der Waals surface area contributed by atoms with Gasteiger partial charge in [0.1, 0.15) is 22.4 Å². The summed E-state index contributed by atoms with van der Waals surface area (Å²) in [5.74, 6) is 1.29. The van der Waals surface area contributed by atoms with Crippen LogP contribution in [0.3, 0.4) is 0 Å². The van der Waals surface area contributed by atoms with Crippen molar-refractivity contribution in [2.45, 2.75) is 32.6 Å². The van der Waals surface area contributed by atoms with Crippen molar-refractivity contribution in [3.8, 4) is 16.9 Å². The Morgan fingerprint density at radius 3 is 2.79 bits per heavy atom. The standard InChI is InChI=1S/C24H22N6O3S/c1-13-27-22(20-19-15-7-5-4-6-14(15)8-9-17(19)34-23(20)28-13)30-21-16(10-26-30)24(31)29(12-25-21)11-18(32-2)33-3/h4-7,10,12,18H,8-9,11H2,1-3H3. The maximum atomic E-state index is 13.1. The Balaban J connectivity index is 1.58. The smallest absolute Gasteiger partial charge is 0.264 e. The number of thiophene rings is 1. The van der Waals surface area contributed by atoms with E-state index in [9.17, 15) is 4.79 Å². The van der Waals surface area contributed by atoms with E-state index < -0.39 is 6.29 Å². The number of ether oxygens (including phenoxy) is 2. The maximum absolute atomic E-state index is 13.1. The summed E-state index contributed by atoms with van der Waals surface area (Å²) < 4.78 is 13.6. The molecule has 0 N–H and O–H groups in total. The lowest BCUT2D eigenvalue weighted by Gasteiger charge is -2.17. The minimum atomic E-state index is -0.548. The Morgan fingerprint density at radius 1 is 1.15 bits per heavy atom. The lowest BCUT2D eigenvalue weighted by atomic mass is 9.89. The largest absolute Gasteiger partial charge is 0.354 e. The molecule has 0 saturated carbocycles. The summed E-state index contributed by atoms with van der Waals surface area (Å²) in [5, 5.41) is 5.91. The molecule has 5 aromatic rings. The van der Waals surface area contributed by atoms with Crippen LogP contribution in [0.5, 0.6) is 0 Å². The molecule has 1 aliphatic rings. The molecule has 0 atom stereocenters. The van der Waals surface area contributed by atoms with Crippen molar-refractivity contribution >= 4 is 32.6 Å². The van der Waals surface area contributed by atoms with Gasteiger partial charge in [0.25, 0.3) is 5.56 Å². The van der Waals surface area contributed by atoms with E-state index in [-0.39, 0.29) is 12.1 Å². The van der Waals surface area contributed by atoms with E-state index >= 15 is 0 Å². The molecule has 0 spiro atoms. The summed E-state index contributed by atoms with van der Waals surface area (Å²) in [6.07, 6.45) is 4.47. The number of nitrogens with zero attached hydrogens (tertiary/aromatic N) is 6. The molecule has 0 fully saturated rings. The van der Waals surface area contributed by atoms with E-state index in [4.69, 9.17) is 19.4 Å². The molecule has 172 valence electrons. The van der Waals surface area contributed by atoms with Crippen molar-refractivity contribution in [3.05, 3.63) is 63.4 Å². The highest BCUT2D eigenvalue weighted by atomic mass is 32.1. The van der Waals surface area contributed by atoms with Gasteiger partial charge in [0.05, 0.1) is 18.1 Å². The monoisotopic (exact) mass is 474 g/mol. The van der Waals surface area contributed by atoms with Gasteiger partial charge in [0.2, 0.25) is 0 Å².